The maximum atomic E-state index is 3.57. The van der Waals surface area contributed by atoms with E-state index in [-0.39, 0.29) is 0 Å². The minimum atomic E-state index is 0.497. The molecule has 1 saturated carbocycles. The Kier molecular flexibility index (Phi) is 2.66. The van der Waals surface area contributed by atoms with Crippen LogP contribution in [0.1, 0.15) is 33.3 Å². The molecule has 0 unspecified atom stereocenters. The van der Waals surface area contributed by atoms with Gasteiger partial charge in [-0.2, -0.15) is 0 Å². The van der Waals surface area contributed by atoms with E-state index in [0.29, 0.717) is 10.8 Å². The lowest BCUT2D eigenvalue weighted by molar-refractivity contribution is 0.457. The topological polar surface area (TPSA) is 17.0 Å². The van der Waals surface area contributed by atoms with Crippen LogP contribution in [0.25, 0.3) is 0 Å². The van der Waals surface area contributed by atoms with Crippen LogP contribution in [0.15, 0.2) is 18.5 Å². The van der Waals surface area contributed by atoms with Crippen molar-refractivity contribution in [2.24, 2.45) is 23.8 Å². The van der Waals surface area contributed by atoms with Gasteiger partial charge in [0, 0.05) is 26.0 Å². The zero-order valence-electron chi connectivity index (χ0n) is 11.2. The minimum Gasteiger partial charge on any atom is -0.357 e. The van der Waals surface area contributed by atoms with Crippen molar-refractivity contribution in [3.05, 3.63) is 24.0 Å². The summed E-state index contributed by atoms with van der Waals surface area (Å²) < 4.78 is 2.10. The van der Waals surface area contributed by atoms with Gasteiger partial charge in [0.1, 0.15) is 0 Å². The molecule has 1 aliphatic carbocycles. The molecule has 1 N–H and O–H groups in total. The first kappa shape index (κ1) is 11.7. The number of hydrogen-bond donors (Lipinski definition) is 1. The molecule has 1 heterocycles. The second kappa shape index (κ2) is 3.63. The molecule has 0 spiro atoms. The molecule has 16 heavy (non-hydrogen) atoms. The fraction of sp³-hybridized carbons (Fsp3) is 0.714. The number of aromatic nitrogens is 1. The van der Waals surface area contributed by atoms with E-state index in [0.717, 1.165) is 19.0 Å². The van der Waals surface area contributed by atoms with Crippen LogP contribution in [-0.2, 0) is 13.6 Å². The van der Waals surface area contributed by atoms with Crippen LogP contribution in [0.5, 0.6) is 0 Å². The van der Waals surface area contributed by atoms with E-state index in [2.05, 4.69) is 63.1 Å². The number of aryl methyl sites for hydroxylation is 1. The van der Waals surface area contributed by atoms with Crippen LogP contribution in [0.3, 0.4) is 0 Å². The Morgan fingerprint density at radius 1 is 1.25 bits per heavy atom. The highest BCUT2D eigenvalue weighted by Crippen LogP contribution is 2.67. The minimum absolute atomic E-state index is 0.497. The van der Waals surface area contributed by atoms with Crippen LogP contribution in [0.2, 0.25) is 0 Å². The Morgan fingerprint density at radius 3 is 2.31 bits per heavy atom. The van der Waals surface area contributed by atoms with E-state index in [9.17, 15) is 0 Å². The van der Waals surface area contributed by atoms with Crippen molar-refractivity contribution in [1.82, 2.24) is 9.88 Å². The first-order valence-electron chi connectivity index (χ1n) is 6.17. The van der Waals surface area contributed by atoms with Gasteiger partial charge in [0.05, 0.1) is 0 Å². The van der Waals surface area contributed by atoms with Gasteiger partial charge in [-0.3, -0.25) is 0 Å². The summed E-state index contributed by atoms with van der Waals surface area (Å²) in [7, 11) is 2.07. The van der Waals surface area contributed by atoms with Crippen LogP contribution < -0.4 is 5.32 Å². The van der Waals surface area contributed by atoms with Gasteiger partial charge >= 0.3 is 0 Å². The van der Waals surface area contributed by atoms with Crippen molar-refractivity contribution in [2.45, 2.75) is 34.2 Å². The molecule has 2 heteroatoms. The lowest BCUT2D eigenvalue weighted by Crippen LogP contribution is -2.18. The van der Waals surface area contributed by atoms with Gasteiger partial charge in [0.2, 0.25) is 0 Å². The average Bonchev–Trinajstić information content (AvgIpc) is 2.53. The maximum Gasteiger partial charge on any atom is 0.0220 e. The third kappa shape index (κ3) is 1.80. The smallest absolute Gasteiger partial charge is 0.0220 e. The number of hydrogen-bond acceptors (Lipinski definition) is 1. The molecule has 0 atom stereocenters. The highest BCUT2D eigenvalue weighted by molar-refractivity contribution is 5.14. The van der Waals surface area contributed by atoms with Crippen molar-refractivity contribution < 1.29 is 0 Å². The van der Waals surface area contributed by atoms with Crippen molar-refractivity contribution in [2.75, 3.05) is 6.54 Å². The number of nitrogens with one attached hydrogen (secondary N) is 1. The van der Waals surface area contributed by atoms with Crippen molar-refractivity contribution in [3.8, 4) is 0 Å². The third-order valence-corrected chi connectivity index (χ3v) is 4.89. The largest absolute Gasteiger partial charge is 0.357 e. The zero-order valence-corrected chi connectivity index (χ0v) is 11.2. The summed E-state index contributed by atoms with van der Waals surface area (Å²) in [6.07, 6.45) is 4.28. The molecule has 0 saturated heterocycles. The summed E-state index contributed by atoms with van der Waals surface area (Å²) in [5, 5.41) is 3.57. The summed E-state index contributed by atoms with van der Waals surface area (Å²) >= 11 is 0. The Hall–Kier alpha value is -0.760. The van der Waals surface area contributed by atoms with Crippen LogP contribution in [0.4, 0.5) is 0 Å². The van der Waals surface area contributed by atoms with E-state index in [1.165, 1.54) is 5.56 Å². The molecule has 0 bridgehead atoms. The Labute approximate surface area is 99.0 Å². The fourth-order valence-corrected chi connectivity index (χ4v) is 2.87. The molecule has 0 aromatic carbocycles. The SMILES string of the molecule is Cn1ccc(CNCC2C(C)(C)C2(C)C)c1. The molecule has 90 valence electrons. The van der Waals surface area contributed by atoms with E-state index in [1.807, 2.05) is 0 Å². The molecule has 0 aliphatic heterocycles. The second-order valence-electron chi connectivity index (χ2n) is 6.31. The summed E-state index contributed by atoms with van der Waals surface area (Å²) in [6, 6.07) is 2.18. The summed E-state index contributed by atoms with van der Waals surface area (Å²) in [5.74, 6) is 0.809. The average molecular weight is 220 g/mol. The summed E-state index contributed by atoms with van der Waals surface area (Å²) in [5.41, 5.74) is 2.37. The Bertz CT molecular complexity index is 360. The van der Waals surface area contributed by atoms with E-state index >= 15 is 0 Å². The van der Waals surface area contributed by atoms with Gasteiger partial charge in [-0.05, 0) is 34.9 Å². The quantitative estimate of drug-likeness (QED) is 0.825. The van der Waals surface area contributed by atoms with Gasteiger partial charge in [0.15, 0.2) is 0 Å². The number of rotatable bonds is 4. The molecular formula is C14H24N2. The zero-order chi connectivity index (χ0) is 12.0. The van der Waals surface area contributed by atoms with Crippen molar-refractivity contribution in [1.29, 1.82) is 0 Å². The lowest BCUT2D eigenvalue weighted by atomic mass is 10.0. The molecule has 1 aromatic rings. The van der Waals surface area contributed by atoms with Gasteiger partial charge in [-0.15, -0.1) is 0 Å². The van der Waals surface area contributed by atoms with Crippen LogP contribution in [0, 0.1) is 16.7 Å². The predicted molar refractivity (Wildman–Crippen MR) is 68.2 cm³/mol. The molecular weight excluding hydrogens is 196 g/mol. The van der Waals surface area contributed by atoms with Crippen molar-refractivity contribution in [3.63, 3.8) is 0 Å². The van der Waals surface area contributed by atoms with Crippen molar-refractivity contribution >= 4 is 0 Å². The van der Waals surface area contributed by atoms with Gasteiger partial charge in [0.25, 0.3) is 0 Å². The Morgan fingerprint density at radius 2 is 1.88 bits per heavy atom. The molecule has 1 aliphatic rings. The maximum absolute atomic E-state index is 3.57. The molecule has 1 fully saturated rings. The summed E-state index contributed by atoms with van der Waals surface area (Å²) in [4.78, 5) is 0. The Balaban J connectivity index is 1.78. The standard InChI is InChI=1S/C14H24N2/c1-13(2)12(14(13,3)4)9-15-8-11-6-7-16(5)10-11/h6-7,10,12,15H,8-9H2,1-5H3. The van der Waals surface area contributed by atoms with E-state index in [4.69, 9.17) is 0 Å². The summed E-state index contributed by atoms with van der Waals surface area (Å²) in [6.45, 7) is 11.6. The van der Waals surface area contributed by atoms with Crippen LogP contribution in [-0.4, -0.2) is 11.1 Å². The normalized spacial score (nSPS) is 22.3. The first-order valence-corrected chi connectivity index (χ1v) is 6.17. The lowest BCUT2D eigenvalue weighted by Gasteiger charge is -2.04. The second-order valence-corrected chi connectivity index (χ2v) is 6.31. The van der Waals surface area contributed by atoms with E-state index in [1.54, 1.807) is 0 Å². The molecule has 0 radical (unpaired) electrons. The van der Waals surface area contributed by atoms with Gasteiger partial charge < -0.3 is 9.88 Å². The highest BCUT2D eigenvalue weighted by atomic mass is 14.9. The monoisotopic (exact) mass is 220 g/mol. The third-order valence-electron chi connectivity index (χ3n) is 4.89. The van der Waals surface area contributed by atoms with Gasteiger partial charge in [-0.1, -0.05) is 27.7 Å². The van der Waals surface area contributed by atoms with Gasteiger partial charge in [-0.25, -0.2) is 0 Å². The predicted octanol–water partition coefficient (Wildman–Crippen LogP) is 2.80. The molecule has 1 aromatic heterocycles. The molecule has 2 rings (SSSR count). The first-order chi connectivity index (χ1) is 7.35. The van der Waals surface area contributed by atoms with Crippen LogP contribution >= 0.6 is 0 Å². The molecule has 2 nitrogen and oxygen atoms in total. The number of nitrogens with zero attached hydrogens (tertiary/aromatic N) is 1. The van der Waals surface area contributed by atoms with E-state index < -0.39 is 0 Å². The highest BCUT2D eigenvalue weighted by Gasteiger charge is 2.63. The fourth-order valence-electron chi connectivity index (χ4n) is 2.87. The molecule has 0 amide bonds.